The first-order valence-electron chi connectivity index (χ1n) is 6.03. The van der Waals surface area contributed by atoms with Crippen LogP contribution in [0.3, 0.4) is 0 Å². The SMILES string of the molecule is N#Cc1c(Cl)c2ccccc2n(-c2ccccc2)c1=O. The molecule has 0 aliphatic carbocycles. The lowest BCUT2D eigenvalue weighted by Crippen LogP contribution is -2.22. The van der Waals surface area contributed by atoms with Crippen LogP contribution in [-0.4, -0.2) is 4.57 Å². The minimum Gasteiger partial charge on any atom is -0.276 e. The third-order valence-corrected chi connectivity index (χ3v) is 3.54. The summed E-state index contributed by atoms with van der Waals surface area (Å²) in [5.74, 6) is 0. The number of hydrogen-bond acceptors (Lipinski definition) is 2. The number of pyridine rings is 1. The van der Waals surface area contributed by atoms with E-state index in [2.05, 4.69) is 0 Å². The predicted molar refractivity (Wildman–Crippen MR) is 79.3 cm³/mol. The molecule has 0 bridgehead atoms. The number of aromatic nitrogens is 1. The largest absolute Gasteiger partial charge is 0.276 e. The second-order valence-electron chi connectivity index (χ2n) is 4.29. The minimum absolute atomic E-state index is 0.0331. The molecule has 0 spiro atoms. The molecule has 0 aliphatic rings. The maximum atomic E-state index is 12.5. The zero-order chi connectivity index (χ0) is 14.1. The molecule has 3 rings (SSSR count). The number of halogens is 1. The van der Waals surface area contributed by atoms with Crippen LogP contribution in [-0.2, 0) is 0 Å². The van der Waals surface area contributed by atoms with Gasteiger partial charge in [0, 0.05) is 11.1 Å². The quantitative estimate of drug-likeness (QED) is 0.685. The smallest absolute Gasteiger partial charge is 0.275 e. The van der Waals surface area contributed by atoms with Crippen molar-refractivity contribution < 1.29 is 0 Å². The Balaban J connectivity index is 2.55. The Hall–Kier alpha value is -2.57. The lowest BCUT2D eigenvalue weighted by atomic mass is 10.1. The van der Waals surface area contributed by atoms with Gasteiger partial charge in [0.25, 0.3) is 5.56 Å². The average Bonchev–Trinajstić information content (AvgIpc) is 2.49. The molecule has 0 fully saturated rings. The summed E-state index contributed by atoms with van der Waals surface area (Å²) < 4.78 is 1.51. The second-order valence-corrected chi connectivity index (χ2v) is 4.67. The molecule has 0 N–H and O–H groups in total. The molecule has 1 aromatic heterocycles. The maximum Gasteiger partial charge on any atom is 0.275 e. The third-order valence-electron chi connectivity index (χ3n) is 3.14. The van der Waals surface area contributed by atoms with Gasteiger partial charge in [-0.15, -0.1) is 0 Å². The Morgan fingerprint density at radius 2 is 1.65 bits per heavy atom. The van der Waals surface area contributed by atoms with Crippen molar-refractivity contribution in [3.05, 3.63) is 75.5 Å². The first-order chi connectivity index (χ1) is 9.74. The zero-order valence-electron chi connectivity index (χ0n) is 10.4. The van der Waals surface area contributed by atoms with E-state index in [1.807, 2.05) is 54.6 Å². The molecule has 3 nitrogen and oxygen atoms in total. The molecule has 4 heteroatoms. The highest BCUT2D eigenvalue weighted by Gasteiger charge is 2.15. The van der Waals surface area contributed by atoms with Crippen LogP contribution in [0, 0.1) is 11.3 Å². The van der Waals surface area contributed by atoms with Gasteiger partial charge in [-0.25, -0.2) is 0 Å². The van der Waals surface area contributed by atoms with Crippen molar-refractivity contribution in [1.29, 1.82) is 5.26 Å². The first-order valence-corrected chi connectivity index (χ1v) is 6.40. The summed E-state index contributed by atoms with van der Waals surface area (Å²) in [5, 5.41) is 10.1. The van der Waals surface area contributed by atoms with Crippen LogP contribution in [0.1, 0.15) is 5.56 Å². The number of fused-ring (bicyclic) bond motifs is 1. The van der Waals surface area contributed by atoms with Crippen molar-refractivity contribution >= 4 is 22.5 Å². The molecular formula is C16H9ClN2O. The molecule has 2 aromatic carbocycles. The molecule has 0 saturated heterocycles. The van der Waals surface area contributed by atoms with Crippen molar-refractivity contribution in [1.82, 2.24) is 4.57 Å². The highest BCUT2D eigenvalue weighted by atomic mass is 35.5. The van der Waals surface area contributed by atoms with Crippen molar-refractivity contribution in [3.63, 3.8) is 0 Å². The number of benzene rings is 2. The summed E-state index contributed by atoms with van der Waals surface area (Å²) in [6, 6.07) is 18.4. The van der Waals surface area contributed by atoms with Gasteiger partial charge in [-0.1, -0.05) is 48.0 Å². The highest BCUT2D eigenvalue weighted by Crippen LogP contribution is 2.26. The van der Waals surface area contributed by atoms with Gasteiger partial charge in [0.15, 0.2) is 0 Å². The molecular weight excluding hydrogens is 272 g/mol. The number of para-hydroxylation sites is 2. The van der Waals surface area contributed by atoms with Crippen LogP contribution < -0.4 is 5.56 Å². The van der Waals surface area contributed by atoms with E-state index in [1.54, 1.807) is 6.07 Å². The summed E-state index contributed by atoms with van der Waals surface area (Å²) in [6.45, 7) is 0. The van der Waals surface area contributed by atoms with Crippen LogP contribution in [0.5, 0.6) is 0 Å². The summed E-state index contributed by atoms with van der Waals surface area (Å²) in [5.41, 5.74) is 0.964. The van der Waals surface area contributed by atoms with Gasteiger partial charge in [0.05, 0.1) is 10.5 Å². The molecule has 20 heavy (non-hydrogen) atoms. The van der Waals surface area contributed by atoms with E-state index in [1.165, 1.54) is 4.57 Å². The number of nitrogens with zero attached hydrogens (tertiary/aromatic N) is 2. The lowest BCUT2D eigenvalue weighted by molar-refractivity contribution is 1.03. The van der Waals surface area contributed by atoms with E-state index < -0.39 is 5.56 Å². The van der Waals surface area contributed by atoms with Crippen LogP contribution >= 0.6 is 11.6 Å². The Labute approximate surface area is 120 Å². The third kappa shape index (κ3) is 1.78. The standard InChI is InChI=1S/C16H9ClN2O/c17-15-12-8-4-5-9-14(12)19(16(20)13(15)10-18)11-6-2-1-3-7-11/h1-9H. The van der Waals surface area contributed by atoms with Crippen molar-refractivity contribution in [2.45, 2.75) is 0 Å². The van der Waals surface area contributed by atoms with Gasteiger partial charge in [-0.3, -0.25) is 9.36 Å². The lowest BCUT2D eigenvalue weighted by Gasteiger charge is -2.12. The minimum atomic E-state index is -0.401. The number of rotatable bonds is 1. The van der Waals surface area contributed by atoms with Gasteiger partial charge in [0.1, 0.15) is 11.6 Å². The fourth-order valence-electron chi connectivity index (χ4n) is 2.23. The number of hydrogen-bond donors (Lipinski definition) is 0. The maximum absolute atomic E-state index is 12.5. The predicted octanol–water partition coefficient (Wildman–Crippen LogP) is 3.52. The number of nitriles is 1. The van der Waals surface area contributed by atoms with Gasteiger partial charge in [0.2, 0.25) is 0 Å². The van der Waals surface area contributed by atoms with Crippen molar-refractivity contribution in [2.24, 2.45) is 0 Å². The topological polar surface area (TPSA) is 45.8 Å². The molecule has 0 radical (unpaired) electrons. The van der Waals surface area contributed by atoms with E-state index >= 15 is 0 Å². The molecule has 96 valence electrons. The average molecular weight is 281 g/mol. The monoisotopic (exact) mass is 280 g/mol. The first kappa shape index (κ1) is 12.5. The molecule has 0 atom stereocenters. The van der Waals surface area contributed by atoms with Crippen LogP contribution in [0.25, 0.3) is 16.6 Å². The van der Waals surface area contributed by atoms with Gasteiger partial charge in [-0.2, -0.15) is 5.26 Å². The fraction of sp³-hybridized carbons (Fsp3) is 0. The summed E-state index contributed by atoms with van der Waals surface area (Å²) in [6.07, 6.45) is 0. The fourth-order valence-corrected chi connectivity index (χ4v) is 2.52. The Kier molecular flexibility index (Phi) is 3.02. The molecule has 0 saturated carbocycles. The van der Waals surface area contributed by atoms with Gasteiger partial charge >= 0.3 is 0 Å². The van der Waals surface area contributed by atoms with E-state index in [-0.39, 0.29) is 10.6 Å². The van der Waals surface area contributed by atoms with E-state index in [9.17, 15) is 10.1 Å². The van der Waals surface area contributed by atoms with Crippen LogP contribution in [0.15, 0.2) is 59.4 Å². The Bertz CT molecular complexity index is 892. The molecule has 1 heterocycles. The molecule has 0 amide bonds. The van der Waals surface area contributed by atoms with E-state index in [4.69, 9.17) is 11.6 Å². The van der Waals surface area contributed by atoms with Crippen molar-refractivity contribution in [2.75, 3.05) is 0 Å². The summed E-state index contributed by atoms with van der Waals surface area (Å²) in [7, 11) is 0. The molecule has 0 aliphatic heterocycles. The highest BCUT2D eigenvalue weighted by molar-refractivity contribution is 6.36. The van der Waals surface area contributed by atoms with Gasteiger partial charge < -0.3 is 0 Å². The zero-order valence-corrected chi connectivity index (χ0v) is 11.1. The Morgan fingerprint density at radius 3 is 2.35 bits per heavy atom. The Morgan fingerprint density at radius 1 is 1.00 bits per heavy atom. The van der Waals surface area contributed by atoms with E-state index in [0.717, 1.165) is 0 Å². The second kappa shape index (κ2) is 4.84. The molecule has 0 unspecified atom stereocenters. The normalized spacial score (nSPS) is 10.4. The summed E-state index contributed by atoms with van der Waals surface area (Å²) >= 11 is 6.17. The molecule has 3 aromatic rings. The van der Waals surface area contributed by atoms with Crippen molar-refractivity contribution in [3.8, 4) is 11.8 Å². The van der Waals surface area contributed by atoms with Gasteiger partial charge in [-0.05, 0) is 18.2 Å². The van der Waals surface area contributed by atoms with E-state index in [0.29, 0.717) is 16.6 Å². The van der Waals surface area contributed by atoms with Crippen LogP contribution in [0.4, 0.5) is 0 Å². The summed E-state index contributed by atoms with van der Waals surface area (Å²) in [4.78, 5) is 12.5. The van der Waals surface area contributed by atoms with Crippen LogP contribution in [0.2, 0.25) is 5.02 Å².